The molecule has 0 fully saturated rings. The van der Waals surface area contributed by atoms with Crippen LogP contribution in [0.4, 0.5) is 0 Å². The van der Waals surface area contributed by atoms with E-state index in [4.69, 9.17) is 0 Å². The number of guanidine groups is 1. The van der Waals surface area contributed by atoms with Crippen molar-refractivity contribution in [2.24, 2.45) is 4.99 Å². The van der Waals surface area contributed by atoms with Gasteiger partial charge in [-0.25, -0.2) is 4.68 Å². The zero-order valence-corrected chi connectivity index (χ0v) is 17.0. The second kappa shape index (κ2) is 9.17. The highest BCUT2D eigenvalue weighted by atomic mass is 15.3. The normalized spacial score (nSPS) is 11.5. The second-order valence-corrected chi connectivity index (χ2v) is 6.88. The van der Waals surface area contributed by atoms with Gasteiger partial charge in [0.2, 0.25) is 0 Å². The first-order valence-corrected chi connectivity index (χ1v) is 9.54. The topological polar surface area (TPSA) is 67.1 Å². The molecule has 0 spiro atoms. The highest BCUT2D eigenvalue weighted by molar-refractivity contribution is 5.79. The molecule has 0 saturated heterocycles. The molecule has 0 unspecified atom stereocenters. The summed E-state index contributed by atoms with van der Waals surface area (Å²) >= 11 is 0. The van der Waals surface area contributed by atoms with Crippen LogP contribution in [0.15, 0.2) is 53.7 Å². The lowest BCUT2D eigenvalue weighted by atomic mass is 10.1. The SMILES string of the molecule is CN=C(NCCc1ccc(C)nc1)NCc1ccccc1-n1nc(C)cc1C. The van der Waals surface area contributed by atoms with Gasteiger partial charge in [-0.2, -0.15) is 5.10 Å². The molecule has 2 N–H and O–H groups in total. The minimum Gasteiger partial charge on any atom is -0.356 e. The maximum Gasteiger partial charge on any atom is 0.191 e. The maximum absolute atomic E-state index is 4.61. The molecule has 146 valence electrons. The van der Waals surface area contributed by atoms with Crippen molar-refractivity contribution in [1.82, 2.24) is 25.4 Å². The molecule has 0 aliphatic heterocycles. The second-order valence-electron chi connectivity index (χ2n) is 6.88. The lowest BCUT2D eigenvalue weighted by Gasteiger charge is -2.15. The third kappa shape index (κ3) is 4.97. The predicted molar refractivity (Wildman–Crippen MR) is 114 cm³/mol. The number of hydrogen-bond donors (Lipinski definition) is 2. The quantitative estimate of drug-likeness (QED) is 0.512. The van der Waals surface area contributed by atoms with Gasteiger partial charge in [-0.05, 0) is 56.5 Å². The molecule has 0 atom stereocenters. The van der Waals surface area contributed by atoms with Gasteiger partial charge in [0.05, 0.1) is 11.4 Å². The van der Waals surface area contributed by atoms with E-state index >= 15 is 0 Å². The Morgan fingerprint density at radius 3 is 2.54 bits per heavy atom. The lowest BCUT2D eigenvalue weighted by Crippen LogP contribution is -2.38. The fourth-order valence-electron chi connectivity index (χ4n) is 3.11. The van der Waals surface area contributed by atoms with Gasteiger partial charge in [0.25, 0.3) is 0 Å². The van der Waals surface area contributed by atoms with Crippen molar-refractivity contribution in [1.29, 1.82) is 0 Å². The van der Waals surface area contributed by atoms with Crippen molar-refractivity contribution in [3.63, 3.8) is 0 Å². The molecule has 0 bridgehead atoms. The largest absolute Gasteiger partial charge is 0.356 e. The molecule has 0 radical (unpaired) electrons. The van der Waals surface area contributed by atoms with E-state index in [0.717, 1.165) is 41.7 Å². The smallest absolute Gasteiger partial charge is 0.191 e. The molecule has 2 aromatic heterocycles. The van der Waals surface area contributed by atoms with Gasteiger partial charge >= 0.3 is 0 Å². The van der Waals surface area contributed by atoms with Crippen LogP contribution in [-0.2, 0) is 13.0 Å². The van der Waals surface area contributed by atoms with E-state index in [1.165, 1.54) is 11.1 Å². The number of hydrogen-bond acceptors (Lipinski definition) is 3. The zero-order chi connectivity index (χ0) is 19.9. The minimum absolute atomic E-state index is 0.667. The van der Waals surface area contributed by atoms with Crippen molar-refractivity contribution >= 4 is 5.96 Å². The maximum atomic E-state index is 4.61. The number of aliphatic imine (C=N–C) groups is 1. The van der Waals surface area contributed by atoms with Crippen LogP contribution >= 0.6 is 0 Å². The molecule has 0 aliphatic rings. The highest BCUT2D eigenvalue weighted by Gasteiger charge is 2.09. The van der Waals surface area contributed by atoms with E-state index in [0.29, 0.717) is 6.54 Å². The van der Waals surface area contributed by atoms with Crippen LogP contribution in [0.5, 0.6) is 0 Å². The number of aryl methyl sites for hydroxylation is 3. The van der Waals surface area contributed by atoms with Crippen LogP contribution in [0.1, 0.15) is 28.2 Å². The molecule has 0 saturated carbocycles. The summed E-state index contributed by atoms with van der Waals surface area (Å²) in [5, 5.41) is 11.4. The van der Waals surface area contributed by atoms with Crippen molar-refractivity contribution in [3.05, 3.63) is 76.9 Å². The van der Waals surface area contributed by atoms with Crippen molar-refractivity contribution in [3.8, 4) is 5.69 Å². The fraction of sp³-hybridized carbons (Fsp3) is 0.318. The summed E-state index contributed by atoms with van der Waals surface area (Å²) in [6.45, 7) is 7.55. The molecule has 0 amide bonds. The van der Waals surface area contributed by atoms with Gasteiger partial charge in [-0.1, -0.05) is 24.3 Å². The van der Waals surface area contributed by atoms with Gasteiger partial charge in [-0.15, -0.1) is 0 Å². The van der Waals surface area contributed by atoms with E-state index in [9.17, 15) is 0 Å². The van der Waals surface area contributed by atoms with E-state index in [-0.39, 0.29) is 0 Å². The first-order chi connectivity index (χ1) is 13.6. The van der Waals surface area contributed by atoms with Crippen molar-refractivity contribution in [2.45, 2.75) is 33.7 Å². The molecule has 3 rings (SSSR count). The first kappa shape index (κ1) is 19.6. The number of nitrogens with one attached hydrogen (secondary N) is 2. The molecular formula is C22H28N6. The molecule has 1 aromatic carbocycles. The van der Waals surface area contributed by atoms with Crippen LogP contribution in [0.2, 0.25) is 0 Å². The first-order valence-electron chi connectivity index (χ1n) is 9.54. The van der Waals surface area contributed by atoms with Crippen LogP contribution < -0.4 is 10.6 Å². The fourth-order valence-corrected chi connectivity index (χ4v) is 3.11. The standard InChI is InChI=1S/C22H28N6/c1-16-9-10-19(14-25-16)11-12-24-22(23-4)26-15-20-7-5-6-8-21(20)28-18(3)13-17(2)27-28/h5-10,13-14H,11-12,15H2,1-4H3,(H2,23,24,26). The summed E-state index contributed by atoms with van der Waals surface area (Å²) in [5.74, 6) is 0.781. The third-order valence-electron chi connectivity index (χ3n) is 4.58. The summed E-state index contributed by atoms with van der Waals surface area (Å²) in [7, 11) is 1.79. The third-order valence-corrected chi connectivity index (χ3v) is 4.58. The molecule has 2 heterocycles. The van der Waals surface area contributed by atoms with E-state index in [1.54, 1.807) is 7.05 Å². The Labute approximate surface area is 166 Å². The number of aromatic nitrogens is 3. The van der Waals surface area contributed by atoms with E-state index in [1.807, 2.05) is 42.9 Å². The Morgan fingerprint density at radius 2 is 1.86 bits per heavy atom. The van der Waals surface area contributed by atoms with E-state index < -0.39 is 0 Å². The molecule has 0 aliphatic carbocycles. The Kier molecular flexibility index (Phi) is 6.42. The minimum atomic E-state index is 0.667. The summed E-state index contributed by atoms with van der Waals surface area (Å²) in [5.41, 5.74) is 6.64. The Morgan fingerprint density at radius 1 is 1.04 bits per heavy atom. The molecule has 6 nitrogen and oxygen atoms in total. The Bertz CT molecular complexity index is 940. The number of benzene rings is 1. The van der Waals surface area contributed by atoms with Gasteiger partial charge in [0, 0.05) is 37.7 Å². The highest BCUT2D eigenvalue weighted by Crippen LogP contribution is 2.16. The molecule has 28 heavy (non-hydrogen) atoms. The van der Waals surface area contributed by atoms with Gasteiger partial charge in [0.15, 0.2) is 5.96 Å². The summed E-state index contributed by atoms with van der Waals surface area (Å²) in [4.78, 5) is 8.67. The molecule has 6 heteroatoms. The number of para-hydroxylation sites is 1. The van der Waals surface area contributed by atoms with E-state index in [2.05, 4.69) is 56.9 Å². The van der Waals surface area contributed by atoms with Crippen LogP contribution in [0, 0.1) is 20.8 Å². The Hall–Kier alpha value is -3.15. The monoisotopic (exact) mass is 376 g/mol. The average Bonchev–Trinajstić information content (AvgIpc) is 3.04. The van der Waals surface area contributed by atoms with Crippen LogP contribution in [0.25, 0.3) is 5.69 Å². The number of pyridine rings is 1. The van der Waals surface area contributed by atoms with Crippen LogP contribution in [0.3, 0.4) is 0 Å². The van der Waals surface area contributed by atoms with Crippen LogP contribution in [-0.4, -0.2) is 34.3 Å². The Balaban J connectivity index is 1.59. The number of rotatable bonds is 6. The lowest BCUT2D eigenvalue weighted by molar-refractivity contribution is 0.774. The molecule has 3 aromatic rings. The van der Waals surface area contributed by atoms with Crippen molar-refractivity contribution in [2.75, 3.05) is 13.6 Å². The summed E-state index contributed by atoms with van der Waals surface area (Å²) < 4.78 is 1.99. The molecular weight excluding hydrogens is 348 g/mol. The van der Waals surface area contributed by atoms with Gasteiger partial charge in [0.1, 0.15) is 0 Å². The van der Waals surface area contributed by atoms with Gasteiger partial charge in [-0.3, -0.25) is 9.98 Å². The average molecular weight is 377 g/mol. The predicted octanol–water partition coefficient (Wildman–Crippen LogP) is 3.10. The summed E-state index contributed by atoms with van der Waals surface area (Å²) in [6.07, 6.45) is 2.83. The summed E-state index contributed by atoms with van der Waals surface area (Å²) in [6, 6.07) is 14.5. The van der Waals surface area contributed by atoms with Gasteiger partial charge < -0.3 is 10.6 Å². The van der Waals surface area contributed by atoms with Crippen molar-refractivity contribution < 1.29 is 0 Å². The number of nitrogens with zero attached hydrogens (tertiary/aromatic N) is 4. The zero-order valence-electron chi connectivity index (χ0n) is 17.0.